The van der Waals surface area contributed by atoms with Crippen molar-refractivity contribution in [3.05, 3.63) is 60.8 Å². The second-order valence-corrected chi connectivity index (χ2v) is 12.3. The number of allylic oxidation sites excluding steroid dienone is 9. The molecule has 0 spiro atoms. The summed E-state index contributed by atoms with van der Waals surface area (Å²) in [6, 6.07) is -0.649. The molecule has 0 fully saturated rings. The maximum atomic E-state index is 12.3. The van der Waals surface area contributed by atoms with Crippen molar-refractivity contribution in [1.82, 2.24) is 5.32 Å². The van der Waals surface area contributed by atoms with Gasteiger partial charge in [0.05, 0.1) is 18.8 Å². The van der Waals surface area contributed by atoms with E-state index in [1.165, 1.54) is 96.3 Å². The number of aliphatic hydroxyl groups is 2. The molecule has 0 aromatic rings. The molecule has 2 atom stereocenters. The summed E-state index contributed by atoms with van der Waals surface area (Å²) in [5, 5.41) is 22.8. The lowest BCUT2D eigenvalue weighted by atomic mass is 10.1. The molecule has 3 N–H and O–H groups in total. The molecule has 44 heavy (non-hydrogen) atoms. The quantitative estimate of drug-likeness (QED) is 0.0522. The standard InChI is InChI=1S/C40H71NO3/c1-3-5-7-9-11-13-15-17-19-20-22-24-26-28-30-32-34-36-40(44)41-38(37-42)39(43)35-33-31-29-27-25-23-21-18-16-14-12-10-8-6-4-2/h11,13,16-19,25,27,33,35,38-39,42-43H,3-10,12,14-15,20-24,26,28-32,34,36-37H2,1-2H3,(H,41,44)/b13-11-,18-16+,19-17-,27-25+,35-33+. The van der Waals surface area contributed by atoms with Crippen molar-refractivity contribution in [1.29, 1.82) is 0 Å². The molecule has 0 saturated heterocycles. The second kappa shape index (κ2) is 35.6. The summed E-state index contributed by atoms with van der Waals surface area (Å²) in [4.78, 5) is 12.3. The summed E-state index contributed by atoms with van der Waals surface area (Å²) in [5.41, 5.74) is 0. The summed E-state index contributed by atoms with van der Waals surface area (Å²) in [6.07, 6.45) is 48.7. The zero-order chi connectivity index (χ0) is 32.2. The number of aliphatic hydroxyl groups excluding tert-OH is 2. The number of carbonyl (C=O) groups is 1. The van der Waals surface area contributed by atoms with E-state index in [0.29, 0.717) is 6.42 Å². The van der Waals surface area contributed by atoms with Crippen molar-refractivity contribution in [3.8, 4) is 0 Å². The van der Waals surface area contributed by atoms with Gasteiger partial charge in [-0.3, -0.25) is 4.79 Å². The van der Waals surface area contributed by atoms with Crippen LogP contribution in [-0.4, -0.2) is 34.9 Å². The van der Waals surface area contributed by atoms with Crippen LogP contribution in [0.4, 0.5) is 0 Å². The number of carbonyl (C=O) groups excluding carboxylic acids is 1. The SMILES string of the molecule is CCCCC/C=C\C/C=C\CCCCCCCCCC(=O)NC(CO)C(O)/C=C/CC/C=C/CC/C=C/CCCCCCC. The molecule has 0 aromatic carbocycles. The summed E-state index contributed by atoms with van der Waals surface area (Å²) < 4.78 is 0. The van der Waals surface area contributed by atoms with Crippen molar-refractivity contribution < 1.29 is 15.0 Å². The highest BCUT2D eigenvalue weighted by Gasteiger charge is 2.17. The van der Waals surface area contributed by atoms with Gasteiger partial charge in [-0.15, -0.1) is 0 Å². The molecular formula is C40H71NO3. The van der Waals surface area contributed by atoms with Gasteiger partial charge < -0.3 is 15.5 Å². The molecule has 4 nitrogen and oxygen atoms in total. The Kier molecular flexibility index (Phi) is 34.0. The first kappa shape index (κ1) is 42.1. The van der Waals surface area contributed by atoms with Crippen LogP contribution in [-0.2, 0) is 4.79 Å². The van der Waals surface area contributed by atoms with Crippen LogP contribution in [0.1, 0.15) is 168 Å². The zero-order valence-electron chi connectivity index (χ0n) is 28.9. The van der Waals surface area contributed by atoms with E-state index in [4.69, 9.17) is 0 Å². The van der Waals surface area contributed by atoms with E-state index in [-0.39, 0.29) is 12.5 Å². The fourth-order valence-electron chi connectivity index (χ4n) is 5.06. The lowest BCUT2D eigenvalue weighted by molar-refractivity contribution is -0.123. The fraction of sp³-hybridized carbons (Fsp3) is 0.725. The number of hydrogen-bond donors (Lipinski definition) is 3. The predicted molar refractivity (Wildman–Crippen MR) is 193 cm³/mol. The Bertz CT molecular complexity index is 752. The van der Waals surface area contributed by atoms with E-state index in [2.05, 4.69) is 67.8 Å². The number of nitrogens with one attached hydrogen (secondary N) is 1. The third-order valence-corrected chi connectivity index (χ3v) is 7.95. The highest BCUT2D eigenvalue weighted by atomic mass is 16.3. The largest absolute Gasteiger partial charge is 0.394 e. The Morgan fingerprint density at radius 2 is 0.955 bits per heavy atom. The van der Waals surface area contributed by atoms with E-state index in [1.54, 1.807) is 6.08 Å². The van der Waals surface area contributed by atoms with Gasteiger partial charge in [-0.25, -0.2) is 0 Å². The van der Waals surface area contributed by atoms with E-state index >= 15 is 0 Å². The van der Waals surface area contributed by atoms with Crippen LogP contribution in [0, 0.1) is 0 Å². The predicted octanol–water partition coefficient (Wildman–Crippen LogP) is 11.0. The smallest absolute Gasteiger partial charge is 0.220 e. The van der Waals surface area contributed by atoms with Crippen molar-refractivity contribution in [2.24, 2.45) is 0 Å². The maximum Gasteiger partial charge on any atom is 0.220 e. The molecule has 4 heteroatoms. The van der Waals surface area contributed by atoms with Gasteiger partial charge in [0.1, 0.15) is 0 Å². The minimum atomic E-state index is -0.873. The molecule has 0 aromatic heterocycles. The minimum Gasteiger partial charge on any atom is -0.394 e. The topological polar surface area (TPSA) is 69.6 Å². The van der Waals surface area contributed by atoms with Crippen LogP contribution in [0.5, 0.6) is 0 Å². The maximum absolute atomic E-state index is 12.3. The van der Waals surface area contributed by atoms with Crippen LogP contribution in [0.3, 0.4) is 0 Å². The minimum absolute atomic E-state index is 0.0902. The van der Waals surface area contributed by atoms with Gasteiger partial charge in [-0.2, -0.15) is 0 Å². The van der Waals surface area contributed by atoms with Crippen LogP contribution in [0.2, 0.25) is 0 Å². The molecule has 254 valence electrons. The van der Waals surface area contributed by atoms with Gasteiger partial charge >= 0.3 is 0 Å². The fourth-order valence-corrected chi connectivity index (χ4v) is 5.06. The lowest BCUT2D eigenvalue weighted by Gasteiger charge is -2.19. The van der Waals surface area contributed by atoms with Crippen molar-refractivity contribution in [2.75, 3.05) is 6.61 Å². The molecule has 0 radical (unpaired) electrons. The van der Waals surface area contributed by atoms with Gasteiger partial charge in [0.2, 0.25) is 5.91 Å². The van der Waals surface area contributed by atoms with Gasteiger partial charge in [0.15, 0.2) is 0 Å². The second-order valence-electron chi connectivity index (χ2n) is 12.3. The molecule has 0 aliphatic rings. The number of amides is 1. The first-order valence-corrected chi connectivity index (χ1v) is 18.5. The number of rotatable bonds is 32. The Hall–Kier alpha value is -1.91. The van der Waals surface area contributed by atoms with Gasteiger partial charge in [-0.05, 0) is 77.0 Å². The Morgan fingerprint density at radius 1 is 0.545 bits per heavy atom. The summed E-state index contributed by atoms with van der Waals surface area (Å²) in [5.74, 6) is -0.0902. The molecule has 0 heterocycles. The van der Waals surface area contributed by atoms with Gasteiger partial charge in [0.25, 0.3) is 0 Å². The summed E-state index contributed by atoms with van der Waals surface area (Å²) >= 11 is 0. The average molecular weight is 614 g/mol. The van der Waals surface area contributed by atoms with E-state index in [1.807, 2.05) is 6.08 Å². The third kappa shape index (κ3) is 31.5. The Labute approximate surface area is 273 Å². The summed E-state index contributed by atoms with van der Waals surface area (Å²) in [6.45, 7) is 4.23. The highest BCUT2D eigenvalue weighted by molar-refractivity contribution is 5.76. The lowest BCUT2D eigenvalue weighted by Crippen LogP contribution is -2.45. The molecule has 0 rings (SSSR count). The van der Waals surface area contributed by atoms with Crippen LogP contribution < -0.4 is 5.32 Å². The Balaban J connectivity index is 3.73. The van der Waals surface area contributed by atoms with Gasteiger partial charge in [0, 0.05) is 6.42 Å². The molecule has 0 aliphatic heterocycles. The zero-order valence-corrected chi connectivity index (χ0v) is 28.9. The average Bonchev–Trinajstić information content (AvgIpc) is 3.03. The highest BCUT2D eigenvalue weighted by Crippen LogP contribution is 2.11. The van der Waals surface area contributed by atoms with E-state index in [9.17, 15) is 15.0 Å². The Morgan fingerprint density at radius 3 is 1.50 bits per heavy atom. The summed E-state index contributed by atoms with van der Waals surface area (Å²) in [7, 11) is 0. The molecule has 0 bridgehead atoms. The molecular weight excluding hydrogens is 542 g/mol. The van der Waals surface area contributed by atoms with Crippen LogP contribution in [0.15, 0.2) is 60.8 Å². The van der Waals surface area contributed by atoms with E-state index < -0.39 is 12.1 Å². The van der Waals surface area contributed by atoms with E-state index in [0.717, 1.165) is 51.4 Å². The number of unbranched alkanes of at least 4 members (excludes halogenated alkanes) is 17. The van der Waals surface area contributed by atoms with Crippen LogP contribution >= 0.6 is 0 Å². The van der Waals surface area contributed by atoms with Crippen molar-refractivity contribution in [2.45, 2.75) is 180 Å². The van der Waals surface area contributed by atoms with Gasteiger partial charge in [-0.1, -0.05) is 145 Å². The molecule has 2 unspecified atom stereocenters. The van der Waals surface area contributed by atoms with Crippen LogP contribution in [0.25, 0.3) is 0 Å². The molecule has 0 saturated carbocycles. The first-order chi connectivity index (χ1) is 21.7. The number of hydrogen-bond acceptors (Lipinski definition) is 3. The van der Waals surface area contributed by atoms with Crippen molar-refractivity contribution >= 4 is 5.91 Å². The molecule has 0 aliphatic carbocycles. The first-order valence-electron chi connectivity index (χ1n) is 18.5. The van der Waals surface area contributed by atoms with Crippen molar-refractivity contribution in [3.63, 3.8) is 0 Å². The molecule has 1 amide bonds. The monoisotopic (exact) mass is 614 g/mol. The normalized spacial score (nSPS) is 13.8. The third-order valence-electron chi connectivity index (χ3n) is 7.95.